The highest BCUT2D eigenvalue weighted by Gasteiger charge is 2.57. The Morgan fingerprint density at radius 3 is 2.06 bits per heavy atom. The molecular formula is C50H75ClN6O11. The minimum atomic E-state index is -1.25. The average molecular weight is 972 g/mol. The van der Waals surface area contributed by atoms with E-state index in [4.69, 9.17) is 21.1 Å². The van der Waals surface area contributed by atoms with Crippen molar-refractivity contribution in [3.05, 3.63) is 47.0 Å². The number of likely N-dealkylation sites (N-methyl/N-ethyl adjacent to an activating group) is 2. The van der Waals surface area contributed by atoms with Crippen molar-refractivity contribution in [2.24, 2.45) is 29.6 Å². The highest BCUT2D eigenvalue weighted by atomic mass is 35.5. The second kappa shape index (κ2) is 25.1. The highest BCUT2D eigenvalue weighted by molar-refractivity contribution is 6.31. The number of nitrogens with one attached hydrogen (secondary N) is 2. The van der Waals surface area contributed by atoms with Crippen LogP contribution in [0.4, 0.5) is 0 Å². The number of rotatable bonds is 27. The van der Waals surface area contributed by atoms with Gasteiger partial charge in [0.05, 0.1) is 36.6 Å². The lowest BCUT2D eigenvalue weighted by molar-refractivity contribution is -0.149. The van der Waals surface area contributed by atoms with Gasteiger partial charge >= 0.3 is 5.97 Å². The number of hydrogen-bond acceptors (Lipinski definition) is 10. The number of halogens is 1. The smallest absolute Gasteiger partial charge is 0.326 e. The molecule has 18 heteroatoms. The Kier molecular flexibility index (Phi) is 20.6. The molecule has 4 rings (SSSR count). The summed E-state index contributed by atoms with van der Waals surface area (Å²) in [6, 6.07) is 2.63. The molecule has 1 aromatic rings. The zero-order valence-electron chi connectivity index (χ0n) is 41.7. The van der Waals surface area contributed by atoms with Gasteiger partial charge in [-0.1, -0.05) is 91.1 Å². The van der Waals surface area contributed by atoms with Crippen LogP contribution in [0.1, 0.15) is 105 Å². The summed E-state index contributed by atoms with van der Waals surface area (Å²) in [6.07, 6.45) is 4.75. The number of hydrogen-bond donors (Lipinski definition) is 3. The lowest BCUT2D eigenvalue weighted by Gasteiger charge is -2.41. The van der Waals surface area contributed by atoms with Gasteiger partial charge in [0, 0.05) is 70.9 Å². The van der Waals surface area contributed by atoms with Crippen LogP contribution in [0.5, 0.6) is 0 Å². The fourth-order valence-electron chi connectivity index (χ4n) is 10.00. The monoisotopic (exact) mass is 971 g/mol. The third kappa shape index (κ3) is 13.7. The number of carbonyl (C=O) groups is 8. The van der Waals surface area contributed by atoms with E-state index in [0.29, 0.717) is 42.7 Å². The number of fused-ring (bicyclic) bond motifs is 1. The van der Waals surface area contributed by atoms with Gasteiger partial charge in [0.25, 0.3) is 11.8 Å². The number of unbranched alkanes of at least 4 members (excludes halogenated alkanes) is 2. The maximum Gasteiger partial charge on any atom is 0.326 e. The zero-order valence-corrected chi connectivity index (χ0v) is 42.5. The zero-order chi connectivity index (χ0) is 50.7. The minimum Gasteiger partial charge on any atom is -0.480 e. The number of benzene rings is 1. The molecule has 2 heterocycles. The molecular weight excluding hydrogens is 896 g/mol. The van der Waals surface area contributed by atoms with Crippen LogP contribution in [0.25, 0.3) is 0 Å². The summed E-state index contributed by atoms with van der Waals surface area (Å²) in [6.45, 7) is 13.2. The molecule has 0 aromatic heterocycles. The lowest BCUT2D eigenvalue weighted by Crippen LogP contribution is -2.60. The van der Waals surface area contributed by atoms with Gasteiger partial charge in [0.1, 0.15) is 18.1 Å². The molecule has 0 bridgehead atoms. The topological polar surface area (TPSA) is 212 Å². The van der Waals surface area contributed by atoms with E-state index in [2.05, 4.69) is 10.6 Å². The van der Waals surface area contributed by atoms with E-state index < -0.39 is 66.1 Å². The van der Waals surface area contributed by atoms with Crippen molar-refractivity contribution in [3.8, 4) is 0 Å². The molecule has 2 fully saturated rings. The van der Waals surface area contributed by atoms with Crippen LogP contribution in [0.3, 0.4) is 0 Å². The normalized spacial score (nSPS) is 21.1. The molecule has 17 nitrogen and oxygen atoms in total. The number of carboxylic acid groups (broad SMARTS) is 1. The van der Waals surface area contributed by atoms with Crippen molar-refractivity contribution in [1.82, 2.24) is 30.2 Å². The first-order valence-electron chi connectivity index (χ1n) is 24.1. The summed E-state index contributed by atoms with van der Waals surface area (Å²) < 4.78 is 12.0. The van der Waals surface area contributed by atoms with Gasteiger partial charge in [0.15, 0.2) is 0 Å². The lowest BCUT2D eigenvalue weighted by atomic mass is 9.89. The van der Waals surface area contributed by atoms with E-state index in [0.717, 1.165) is 6.42 Å². The summed E-state index contributed by atoms with van der Waals surface area (Å²) in [5.74, 6) is -5.12. The van der Waals surface area contributed by atoms with E-state index in [1.807, 2.05) is 41.5 Å². The van der Waals surface area contributed by atoms with E-state index in [9.17, 15) is 43.5 Å². The predicted octanol–water partition coefficient (Wildman–Crippen LogP) is 4.48. The number of likely N-dealkylation sites (tertiary alicyclic amines) is 1. The van der Waals surface area contributed by atoms with Crippen molar-refractivity contribution in [2.75, 3.05) is 34.9 Å². The Bertz CT molecular complexity index is 2000. The molecule has 2 aliphatic heterocycles. The first-order valence-corrected chi connectivity index (χ1v) is 24.5. The van der Waals surface area contributed by atoms with E-state index in [1.54, 1.807) is 55.1 Å². The fraction of sp³-hybridized carbons (Fsp3) is 0.680. The van der Waals surface area contributed by atoms with Crippen LogP contribution in [-0.2, 0) is 54.3 Å². The molecule has 0 spiro atoms. The first-order chi connectivity index (χ1) is 32.1. The molecule has 11 atom stereocenters. The Labute approximate surface area is 407 Å². The summed E-state index contributed by atoms with van der Waals surface area (Å²) in [7, 11) is 6.22. The summed E-state index contributed by atoms with van der Waals surface area (Å²) >= 11 is 6.31. The standard InChI is InChI=1S/C50H75ClN6O11/c1-12-30(6)45(55(9)49(64)43(28(2)3)53-48(63)44(29(4)5)54(8)39(58)20-14-13-17-23-56-40(59)21-22-41(56)60)38(67-10)27-42(61)57-36-25-33(36)26-37(57)46(68-11)31(7)47(62)52-35(50(65)66)24-32-18-15-16-19-34(32)51/h15-16,18-19,21-22,28-31,33,35-38,43-46H,12-14,17,20,23-27H2,1-11H3,(H,52,62)(H,53,63)(H,65,66)/t30-,31+,33-,35-,36?,37-,38+,43-,44-,45-,46+/m0/s1. The number of imide groups is 1. The molecule has 1 saturated heterocycles. The molecule has 1 unspecified atom stereocenters. The fourth-order valence-corrected chi connectivity index (χ4v) is 10.2. The van der Waals surface area contributed by atoms with Crippen LogP contribution in [0.2, 0.25) is 5.02 Å². The Balaban J connectivity index is 1.44. The van der Waals surface area contributed by atoms with Gasteiger partial charge in [-0.25, -0.2) is 4.79 Å². The second-order valence-corrected chi connectivity index (χ2v) is 20.0. The molecule has 3 N–H and O–H groups in total. The molecule has 1 saturated carbocycles. The number of piperidine rings is 1. The number of methoxy groups -OCH3 is 2. The molecule has 1 aliphatic carbocycles. The number of amides is 7. The van der Waals surface area contributed by atoms with Crippen LogP contribution in [-0.4, -0.2) is 155 Å². The van der Waals surface area contributed by atoms with Crippen LogP contribution in [0.15, 0.2) is 36.4 Å². The largest absolute Gasteiger partial charge is 0.480 e. The first kappa shape index (κ1) is 55.7. The van der Waals surface area contributed by atoms with Crippen LogP contribution >= 0.6 is 11.6 Å². The van der Waals surface area contributed by atoms with Crippen molar-refractivity contribution in [2.45, 2.75) is 155 Å². The number of ether oxygens (including phenoxy) is 2. The number of nitrogens with zero attached hydrogens (tertiary/aromatic N) is 4. The second-order valence-electron chi connectivity index (χ2n) is 19.6. The van der Waals surface area contributed by atoms with Gasteiger partial charge in [-0.05, 0) is 61.0 Å². The number of carboxylic acids is 1. The van der Waals surface area contributed by atoms with Gasteiger partial charge in [-0.2, -0.15) is 0 Å². The number of aliphatic carboxylic acids is 1. The van der Waals surface area contributed by atoms with Gasteiger partial charge in [0.2, 0.25) is 29.5 Å². The van der Waals surface area contributed by atoms with Crippen molar-refractivity contribution in [3.63, 3.8) is 0 Å². The third-order valence-corrected chi connectivity index (χ3v) is 14.6. The van der Waals surface area contributed by atoms with Gasteiger partial charge in [-0.3, -0.25) is 38.5 Å². The summed E-state index contributed by atoms with van der Waals surface area (Å²) in [4.78, 5) is 112. The van der Waals surface area contributed by atoms with E-state index >= 15 is 0 Å². The predicted molar refractivity (Wildman–Crippen MR) is 256 cm³/mol. The third-order valence-electron chi connectivity index (χ3n) is 14.2. The maximum atomic E-state index is 14.6. The SMILES string of the molecule is CC[C@H](C)[C@@H]([C@@H](CC(=O)N1C2C[C@H]2C[C@H]1[C@H](OC)[C@@H](C)C(=O)N[C@@H](Cc1ccccc1Cl)C(=O)O)OC)N(C)C(=O)[C@@H](NC(=O)[C@H](C(C)C)N(C)C(=O)CCCCCN1C(=O)C=CC1=O)C(C)C. The summed E-state index contributed by atoms with van der Waals surface area (Å²) in [5, 5.41) is 16.1. The Morgan fingerprint density at radius 2 is 1.50 bits per heavy atom. The highest BCUT2D eigenvalue weighted by Crippen LogP contribution is 2.50. The average Bonchev–Trinajstić information content (AvgIpc) is 3.84. The molecule has 1 aromatic carbocycles. The van der Waals surface area contributed by atoms with Crippen LogP contribution < -0.4 is 10.6 Å². The van der Waals surface area contributed by atoms with E-state index in [-0.39, 0.29) is 85.1 Å². The van der Waals surface area contributed by atoms with Crippen molar-refractivity contribution < 1.29 is 52.9 Å². The molecule has 7 amide bonds. The van der Waals surface area contributed by atoms with E-state index in [1.165, 1.54) is 36.2 Å². The molecule has 68 heavy (non-hydrogen) atoms. The van der Waals surface area contributed by atoms with Crippen LogP contribution in [0, 0.1) is 29.6 Å². The maximum absolute atomic E-state index is 14.6. The van der Waals surface area contributed by atoms with Crippen molar-refractivity contribution in [1.29, 1.82) is 0 Å². The minimum absolute atomic E-state index is 0.0194. The number of carbonyl (C=O) groups excluding carboxylic acids is 7. The van der Waals surface area contributed by atoms with Crippen molar-refractivity contribution >= 4 is 58.9 Å². The molecule has 0 radical (unpaired) electrons. The Hall–Kier alpha value is -4.87. The Morgan fingerprint density at radius 1 is 0.853 bits per heavy atom. The molecule has 378 valence electrons. The molecule has 3 aliphatic rings. The summed E-state index contributed by atoms with van der Waals surface area (Å²) in [5.41, 5.74) is 0.579. The quantitative estimate of drug-likeness (QED) is 0.0827. The van der Waals surface area contributed by atoms with Gasteiger partial charge in [-0.15, -0.1) is 0 Å². The van der Waals surface area contributed by atoms with Gasteiger partial charge < -0.3 is 39.9 Å².